The summed E-state index contributed by atoms with van der Waals surface area (Å²) in [6, 6.07) is 0.740. The topological polar surface area (TPSA) is 79.3 Å². The first-order valence-electron chi connectivity index (χ1n) is 4.41. The summed E-state index contributed by atoms with van der Waals surface area (Å²) in [5.74, 6) is -2.87. The van der Waals surface area contributed by atoms with Crippen LogP contribution in [0.2, 0.25) is 0 Å². The van der Waals surface area contributed by atoms with E-state index in [1.54, 1.807) is 0 Å². The molecule has 0 atom stereocenters. The molecule has 0 spiro atoms. The molecular weight excluding hydrogens is 321 g/mol. The van der Waals surface area contributed by atoms with Crippen LogP contribution < -0.4 is 5.32 Å². The van der Waals surface area contributed by atoms with Gasteiger partial charge < -0.3 is 10.4 Å². The molecule has 0 radical (unpaired) electrons. The van der Waals surface area contributed by atoms with E-state index in [0.29, 0.717) is 0 Å². The third kappa shape index (κ3) is 3.19. The van der Waals surface area contributed by atoms with E-state index >= 15 is 0 Å². The van der Waals surface area contributed by atoms with Crippen LogP contribution in [0.25, 0.3) is 0 Å². The molecular formula is C9H6BrF3N2O3. The van der Waals surface area contributed by atoms with Gasteiger partial charge in [0.15, 0.2) is 5.69 Å². The number of aromatic nitrogens is 1. The van der Waals surface area contributed by atoms with E-state index < -0.39 is 39.6 Å². The number of carboxylic acid groups (broad SMARTS) is 1. The minimum Gasteiger partial charge on any atom is -0.478 e. The average Bonchev–Trinajstić information content (AvgIpc) is 2.17. The van der Waals surface area contributed by atoms with Crippen molar-refractivity contribution in [3.05, 3.63) is 21.8 Å². The third-order valence-corrected chi connectivity index (χ3v) is 2.37. The van der Waals surface area contributed by atoms with Gasteiger partial charge in [-0.25, -0.2) is 9.78 Å². The highest BCUT2D eigenvalue weighted by molar-refractivity contribution is 9.10. The van der Waals surface area contributed by atoms with E-state index in [1.165, 1.54) is 0 Å². The van der Waals surface area contributed by atoms with Gasteiger partial charge in [0.2, 0.25) is 5.91 Å². The van der Waals surface area contributed by atoms with Gasteiger partial charge in [0.1, 0.15) is 11.4 Å². The number of carbonyl (C=O) groups is 2. The molecule has 1 amide bonds. The van der Waals surface area contributed by atoms with E-state index in [-0.39, 0.29) is 0 Å². The fourth-order valence-electron chi connectivity index (χ4n) is 1.11. The monoisotopic (exact) mass is 326 g/mol. The number of pyridine rings is 1. The summed E-state index contributed by atoms with van der Waals surface area (Å²) in [4.78, 5) is 24.7. The summed E-state index contributed by atoms with van der Waals surface area (Å²) in [5, 5.41) is 10.7. The van der Waals surface area contributed by atoms with Crippen LogP contribution in [0, 0.1) is 0 Å². The molecule has 9 heteroatoms. The molecule has 0 fully saturated rings. The Balaban J connectivity index is 3.45. The van der Waals surface area contributed by atoms with Crippen LogP contribution in [0.1, 0.15) is 23.0 Å². The SMILES string of the molecule is CC(=O)Nc1nc(C(F)(F)F)c(Br)cc1C(=O)O. The number of aromatic carboxylic acids is 1. The Morgan fingerprint density at radius 3 is 2.39 bits per heavy atom. The van der Waals surface area contributed by atoms with Crippen LogP contribution in [0.5, 0.6) is 0 Å². The van der Waals surface area contributed by atoms with Crippen molar-refractivity contribution < 1.29 is 27.9 Å². The largest absolute Gasteiger partial charge is 0.478 e. The summed E-state index contributed by atoms with van der Waals surface area (Å²) in [5.41, 5.74) is -1.85. The highest BCUT2D eigenvalue weighted by Gasteiger charge is 2.36. The lowest BCUT2D eigenvalue weighted by Crippen LogP contribution is -2.17. The molecule has 2 N–H and O–H groups in total. The molecule has 0 unspecified atom stereocenters. The van der Waals surface area contributed by atoms with Crippen molar-refractivity contribution >= 4 is 33.6 Å². The minimum atomic E-state index is -4.76. The maximum Gasteiger partial charge on any atom is 0.434 e. The average molecular weight is 327 g/mol. The smallest absolute Gasteiger partial charge is 0.434 e. The van der Waals surface area contributed by atoms with Crippen LogP contribution in [-0.2, 0) is 11.0 Å². The number of halogens is 4. The molecule has 0 aliphatic carbocycles. The lowest BCUT2D eigenvalue weighted by atomic mass is 10.2. The number of carbonyl (C=O) groups excluding carboxylic acids is 1. The number of carboxylic acids is 1. The van der Waals surface area contributed by atoms with E-state index in [1.807, 2.05) is 5.32 Å². The summed E-state index contributed by atoms with van der Waals surface area (Å²) in [6.07, 6.45) is -4.76. The number of alkyl halides is 3. The fourth-order valence-corrected chi connectivity index (χ4v) is 1.66. The van der Waals surface area contributed by atoms with Crippen molar-refractivity contribution in [3.8, 4) is 0 Å². The first-order chi connectivity index (χ1) is 8.12. The standard InChI is InChI=1S/C9H6BrF3N2O3/c1-3(16)14-7-4(8(17)18)2-5(10)6(15-7)9(11,12)13/h2H,1H3,(H,17,18)(H,14,15,16). The summed E-state index contributed by atoms with van der Waals surface area (Å²) in [7, 11) is 0. The first-order valence-corrected chi connectivity index (χ1v) is 5.21. The molecule has 0 saturated carbocycles. The normalized spacial score (nSPS) is 11.2. The van der Waals surface area contributed by atoms with Crippen LogP contribution >= 0.6 is 15.9 Å². The predicted molar refractivity (Wildman–Crippen MR) is 58.2 cm³/mol. The Hall–Kier alpha value is -1.64. The van der Waals surface area contributed by atoms with Gasteiger partial charge in [-0.2, -0.15) is 13.2 Å². The first kappa shape index (κ1) is 14.4. The second kappa shape index (κ2) is 4.92. The second-order valence-electron chi connectivity index (χ2n) is 3.20. The summed E-state index contributed by atoms with van der Waals surface area (Å²) < 4.78 is 37.1. The fraction of sp³-hybridized carbons (Fsp3) is 0.222. The van der Waals surface area contributed by atoms with E-state index in [4.69, 9.17) is 5.11 Å². The van der Waals surface area contributed by atoms with Crippen LogP contribution in [0.3, 0.4) is 0 Å². The number of nitrogens with one attached hydrogen (secondary N) is 1. The molecule has 0 aromatic carbocycles. The Morgan fingerprint density at radius 1 is 1.44 bits per heavy atom. The van der Waals surface area contributed by atoms with Gasteiger partial charge in [-0.05, 0) is 22.0 Å². The number of amides is 1. The van der Waals surface area contributed by atoms with Crippen LogP contribution in [-0.4, -0.2) is 22.0 Å². The quantitative estimate of drug-likeness (QED) is 0.875. The van der Waals surface area contributed by atoms with Gasteiger partial charge in [-0.15, -0.1) is 0 Å². The van der Waals surface area contributed by atoms with Crippen molar-refractivity contribution in [1.82, 2.24) is 4.98 Å². The van der Waals surface area contributed by atoms with Crippen molar-refractivity contribution in [2.45, 2.75) is 13.1 Å². The Kier molecular flexibility index (Phi) is 3.95. The highest BCUT2D eigenvalue weighted by Crippen LogP contribution is 2.35. The number of hydrogen-bond acceptors (Lipinski definition) is 3. The molecule has 0 aliphatic heterocycles. The van der Waals surface area contributed by atoms with Gasteiger partial charge >= 0.3 is 12.1 Å². The summed E-state index contributed by atoms with van der Waals surface area (Å²) >= 11 is 2.59. The number of nitrogens with zero attached hydrogens (tertiary/aromatic N) is 1. The molecule has 0 aliphatic rings. The van der Waals surface area contributed by atoms with Crippen molar-refractivity contribution in [2.24, 2.45) is 0 Å². The zero-order chi connectivity index (χ0) is 14.1. The van der Waals surface area contributed by atoms with E-state index in [9.17, 15) is 22.8 Å². The maximum atomic E-state index is 12.5. The zero-order valence-electron chi connectivity index (χ0n) is 8.80. The Morgan fingerprint density at radius 2 is 2.00 bits per heavy atom. The second-order valence-corrected chi connectivity index (χ2v) is 4.05. The number of hydrogen-bond donors (Lipinski definition) is 2. The van der Waals surface area contributed by atoms with Crippen molar-refractivity contribution in [3.63, 3.8) is 0 Å². The van der Waals surface area contributed by atoms with Gasteiger partial charge in [-0.1, -0.05) is 0 Å². The van der Waals surface area contributed by atoms with E-state index in [0.717, 1.165) is 13.0 Å². The van der Waals surface area contributed by atoms with Crippen molar-refractivity contribution in [2.75, 3.05) is 5.32 Å². The van der Waals surface area contributed by atoms with Gasteiger partial charge in [0, 0.05) is 11.4 Å². The van der Waals surface area contributed by atoms with Gasteiger partial charge in [0.05, 0.1) is 0 Å². The molecule has 0 bridgehead atoms. The van der Waals surface area contributed by atoms with Crippen molar-refractivity contribution in [1.29, 1.82) is 0 Å². The predicted octanol–water partition coefficient (Wildman–Crippen LogP) is 2.52. The third-order valence-electron chi connectivity index (χ3n) is 1.77. The van der Waals surface area contributed by atoms with Crippen LogP contribution in [0.4, 0.5) is 19.0 Å². The van der Waals surface area contributed by atoms with Crippen LogP contribution in [0.15, 0.2) is 10.5 Å². The lowest BCUT2D eigenvalue weighted by Gasteiger charge is -2.12. The van der Waals surface area contributed by atoms with Gasteiger partial charge in [0.25, 0.3) is 0 Å². The molecule has 1 aromatic heterocycles. The molecule has 1 aromatic rings. The Bertz CT molecular complexity index is 517. The molecule has 98 valence electrons. The van der Waals surface area contributed by atoms with E-state index in [2.05, 4.69) is 20.9 Å². The Labute approximate surface area is 107 Å². The molecule has 1 rings (SSSR count). The summed E-state index contributed by atoms with van der Waals surface area (Å²) in [6.45, 7) is 1.03. The van der Waals surface area contributed by atoms with Gasteiger partial charge in [-0.3, -0.25) is 4.79 Å². The molecule has 5 nitrogen and oxygen atoms in total. The number of anilines is 1. The highest BCUT2D eigenvalue weighted by atomic mass is 79.9. The molecule has 0 saturated heterocycles. The maximum absolute atomic E-state index is 12.5. The number of rotatable bonds is 2. The minimum absolute atomic E-state index is 0.512. The zero-order valence-corrected chi connectivity index (χ0v) is 10.4. The lowest BCUT2D eigenvalue weighted by molar-refractivity contribution is -0.141. The molecule has 1 heterocycles. The molecule has 18 heavy (non-hydrogen) atoms.